The minimum Gasteiger partial charge on any atom is -0.361 e. The van der Waals surface area contributed by atoms with Gasteiger partial charge in [0.05, 0.1) is 0 Å². The summed E-state index contributed by atoms with van der Waals surface area (Å²) in [7, 11) is 5.87. The number of aryl methyl sites for hydroxylation is 2. The van der Waals surface area contributed by atoms with E-state index in [0.29, 0.717) is 19.6 Å². The quantitative estimate of drug-likeness (QED) is 0.231. The molecule has 3 amide bonds. The highest BCUT2D eigenvalue weighted by molar-refractivity contribution is 6.11. The topological polar surface area (TPSA) is 104 Å². The highest BCUT2D eigenvalue weighted by Crippen LogP contribution is 2.30. The van der Waals surface area contributed by atoms with E-state index >= 15 is 0 Å². The molecule has 0 aliphatic carbocycles. The van der Waals surface area contributed by atoms with Gasteiger partial charge < -0.3 is 29.7 Å². The molecule has 0 bridgehead atoms. The Morgan fingerprint density at radius 3 is 1.84 bits per heavy atom. The van der Waals surface area contributed by atoms with Crippen LogP contribution in [0.25, 0.3) is 32.7 Å². The first-order chi connectivity index (χ1) is 20.3. The molecule has 9 nitrogen and oxygen atoms in total. The molecule has 3 aromatic heterocycles. The van der Waals surface area contributed by atoms with Gasteiger partial charge in [0.15, 0.2) is 0 Å². The van der Waals surface area contributed by atoms with Gasteiger partial charge in [-0.15, -0.1) is 0 Å². The molecule has 0 radical (unpaired) electrons. The molecular formula is C34H34N6O3. The van der Waals surface area contributed by atoms with Crippen LogP contribution in [0.4, 0.5) is 0 Å². The number of hydrogen-bond donors (Lipinski definition) is 3. The van der Waals surface area contributed by atoms with Crippen molar-refractivity contribution in [3.05, 3.63) is 107 Å². The van der Waals surface area contributed by atoms with Gasteiger partial charge in [-0.1, -0.05) is 25.6 Å². The smallest absolute Gasteiger partial charge is 0.254 e. The van der Waals surface area contributed by atoms with Crippen molar-refractivity contribution in [2.75, 3.05) is 7.05 Å². The molecule has 43 heavy (non-hydrogen) atoms. The second kappa shape index (κ2) is 10.5. The number of aromatic nitrogens is 3. The number of benzene rings is 3. The van der Waals surface area contributed by atoms with Crippen molar-refractivity contribution in [1.29, 1.82) is 0 Å². The van der Waals surface area contributed by atoms with Gasteiger partial charge in [0.1, 0.15) is 0 Å². The normalized spacial score (nSPS) is 14.4. The van der Waals surface area contributed by atoms with Crippen LogP contribution in [-0.4, -0.2) is 43.8 Å². The van der Waals surface area contributed by atoms with E-state index < -0.39 is 0 Å². The van der Waals surface area contributed by atoms with Crippen LogP contribution in [0.5, 0.6) is 0 Å². The van der Waals surface area contributed by atoms with E-state index in [9.17, 15) is 14.4 Å². The van der Waals surface area contributed by atoms with Gasteiger partial charge in [-0.2, -0.15) is 0 Å². The maximum atomic E-state index is 11.9. The van der Waals surface area contributed by atoms with Crippen molar-refractivity contribution in [3.8, 4) is 0 Å². The molecule has 3 aromatic carbocycles. The lowest BCUT2D eigenvalue weighted by molar-refractivity contribution is 0.0780. The van der Waals surface area contributed by atoms with Crippen molar-refractivity contribution in [3.63, 3.8) is 0 Å². The van der Waals surface area contributed by atoms with Gasteiger partial charge in [0, 0.05) is 109 Å². The predicted octanol–water partition coefficient (Wildman–Crippen LogP) is 5.23. The zero-order chi connectivity index (χ0) is 29.1. The standard InChI is InChI=1S/C12H12N2O.C11H10N2O.C10H8N2O.CH4/c1-13-6-8-7-14(2)12(15)9-4-3-5-10(13)11(8)9;1-13-6-7-5-12-11(14)8-3-2-4-9(13)10(7)8;13-10-7-2-1-3-8-9(7)6(4-11-8)5-12-10;/h3-6H,7H2,1-2H3;2-4,6H,5H2,1H3,(H,12,14);1-4,11H,5H2,(H,12,13);1H4. The first-order valence-electron chi connectivity index (χ1n) is 13.9. The van der Waals surface area contributed by atoms with Crippen molar-refractivity contribution in [2.45, 2.75) is 27.1 Å². The zero-order valence-corrected chi connectivity index (χ0v) is 23.6. The third-order valence-electron chi connectivity index (χ3n) is 8.33. The molecule has 218 valence electrons. The molecule has 0 fully saturated rings. The number of H-pyrrole nitrogens is 1. The van der Waals surface area contributed by atoms with Crippen molar-refractivity contribution in [2.24, 2.45) is 14.1 Å². The molecule has 0 saturated carbocycles. The minimum absolute atomic E-state index is 0. The molecule has 3 N–H and O–H groups in total. The average Bonchev–Trinajstić information content (AvgIpc) is 3.67. The van der Waals surface area contributed by atoms with Crippen LogP contribution in [0.15, 0.2) is 73.2 Å². The largest absolute Gasteiger partial charge is 0.361 e. The Hall–Kier alpha value is -5.31. The summed E-state index contributed by atoms with van der Waals surface area (Å²) in [5, 5.41) is 9.00. The lowest BCUT2D eigenvalue weighted by Crippen LogP contribution is -2.29. The first kappa shape index (κ1) is 27.8. The SMILES string of the molecule is C.CN1Cc2cn(C)c3cccc(c23)C1=O.Cn1cc2c3c(cccc31)C(=O)NC2.O=C1NCc2c[nH]c3cccc1c23. The highest BCUT2D eigenvalue weighted by Gasteiger charge is 2.25. The summed E-state index contributed by atoms with van der Waals surface area (Å²) in [4.78, 5) is 39.8. The molecule has 0 saturated heterocycles. The van der Waals surface area contributed by atoms with Gasteiger partial charge in [-0.3, -0.25) is 14.4 Å². The summed E-state index contributed by atoms with van der Waals surface area (Å²) in [6, 6.07) is 17.5. The van der Waals surface area contributed by atoms with E-state index in [-0.39, 0.29) is 25.1 Å². The summed E-state index contributed by atoms with van der Waals surface area (Å²) in [6.07, 6.45) is 6.14. The van der Waals surface area contributed by atoms with Crippen LogP contribution in [-0.2, 0) is 33.7 Å². The maximum absolute atomic E-state index is 11.9. The van der Waals surface area contributed by atoms with Crippen LogP contribution in [0.1, 0.15) is 55.2 Å². The summed E-state index contributed by atoms with van der Waals surface area (Å²) < 4.78 is 4.15. The van der Waals surface area contributed by atoms with E-state index in [1.807, 2.05) is 75.9 Å². The second-order valence-electron chi connectivity index (χ2n) is 11.0. The Morgan fingerprint density at radius 1 is 0.628 bits per heavy atom. The Morgan fingerprint density at radius 2 is 1.16 bits per heavy atom. The average molecular weight is 575 g/mol. The van der Waals surface area contributed by atoms with Gasteiger partial charge in [-0.05, 0) is 53.1 Å². The van der Waals surface area contributed by atoms with Crippen LogP contribution in [0, 0.1) is 0 Å². The summed E-state index contributed by atoms with van der Waals surface area (Å²) >= 11 is 0. The number of nitrogens with one attached hydrogen (secondary N) is 3. The number of aromatic amines is 1. The molecular weight excluding hydrogens is 540 g/mol. The minimum atomic E-state index is 0. The number of hydrogen-bond acceptors (Lipinski definition) is 3. The Labute approximate surface area is 249 Å². The van der Waals surface area contributed by atoms with Gasteiger partial charge in [0.2, 0.25) is 0 Å². The fraction of sp³-hybridized carbons (Fsp3) is 0.206. The zero-order valence-electron chi connectivity index (χ0n) is 23.6. The molecule has 9 rings (SSSR count). The van der Waals surface area contributed by atoms with Crippen molar-refractivity contribution >= 4 is 50.4 Å². The molecule has 6 aromatic rings. The molecule has 9 heteroatoms. The first-order valence-corrected chi connectivity index (χ1v) is 13.9. The molecule has 0 spiro atoms. The summed E-state index contributed by atoms with van der Waals surface area (Å²) in [5.41, 5.74) is 9.34. The van der Waals surface area contributed by atoms with E-state index in [4.69, 9.17) is 0 Å². The van der Waals surface area contributed by atoms with Crippen LogP contribution >= 0.6 is 0 Å². The number of nitrogens with zero attached hydrogens (tertiary/aromatic N) is 3. The van der Waals surface area contributed by atoms with Crippen molar-refractivity contribution < 1.29 is 14.4 Å². The van der Waals surface area contributed by atoms with Crippen LogP contribution in [0.3, 0.4) is 0 Å². The van der Waals surface area contributed by atoms with Gasteiger partial charge in [0.25, 0.3) is 17.7 Å². The second-order valence-corrected chi connectivity index (χ2v) is 11.0. The fourth-order valence-electron chi connectivity index (χ4n) is 6.36. The lowest BCUT2D eigenvalue weighted by atomic mass is 10.0. The van der Waals surface area contributed by atoms with E-state index in [2.05, 4.69) is 43.2 Å². The lowest BCUT2D eigenvalue weighted by Gasteiger charge is -2.22. The molecule has 0 atom stereocenters. The number of carbonyl (C=O) groups excluding carboxylic acids is 3. The molecule has 3 aliphatic heterocycles. The van der Waals surface area contributed by atoms with Crippen LogP contribution < -0.4 is 10.6 Å². The van der Waals surface area contributed by atoms with Crippen LogP contribution in [0.2, 0.25) is 0 Å². The molecule has 6 heterocycles. The van der Waals surface area contributed by atoms with E-state index in [1.54, 1.807) is 4.90 Å². The maximum Gasteiger partial charge on any atom is 0.254 e. The summed E-state index contributed by atoms with van der Waals surface area (Å²) in [6.45, 7) is 2.00. The van der Waals surface area contributed by atoms with Gasteiger partial charge in [-0.25, -0.2) is 0 Å². The number of amides is 3. The van der Waals surface area contributed by atoms with E-state index in [0.717, 1.165) is 49.4 Å². The van der Waals surface area contributed by atoms with Crippen molar-refractivity contribution in [1.82, 2.24) is 29.7 Å². The highest BCUT2D eigenvalue weighted by atomic mass is 16.2. The number of carbonyl (C=O) groups is 3. The summed E-state index contributed by atoms with van der Waals surface area (Å²) in [5.74, 6) is 0.186. The van der Waals surface area contributed by atoms with Gasteiger partial charge >= 0.3 is 0 Å². The molecule has 3 aliphatic rings. The monoisotopic (exact) mass is 574 g/mol. The Bertz CT molecular complexity index is 2080. The fourth-order valence-corrected chi connectivity index (χ4v) is 6.36. The Kier molecular flexibility index (Phi) is 6.80. The molecule has 0 unspecified atom stereocenters. The number of rotatable bonds is 0. The van der Waals surface area contributed by atoms with E-state index in [1.165, 1.54) is 16.7 Å². The predicted molar refractivity (Wildman–Crippen MR) is 169 cm³/mol. The third-order valence-corrected chi connectivity index (χ3v) is 8.33. The third kappa shape index (κ3) is 4.44. The Balaban J connectivity index is 0.000000114.